The number of nitrogens with one attached hydrogen (secondary N) is 1. The van der Waals surface area contributed by atoms with Gasteiger partial charge < -0.3 is 24.2 Å². The van der Waals surface area contributed by atoms with Crippen molar-refractivity contribution in [3.8, 4) is 22.9 Å². The number of urea groups is 1. The van der Waals surface area contributed by atoms with Gasteiger partial charge in [-0.2, -0.15) is 18.2 Å². The SMILES string of the molecule is CSc1ccccc1Oc1ccc(-c2noc(CN3C(=O)NC4(CCN(C(=O)OC(C)(C)C)CC4)C3=O)n2)cc1C(F)(F)F. The zero-order valence-electron chi connectivity index (χ0n) is 24.4. The highest BCUT2D eigenvalue weighted by atomic mass is 32.2. The number of ether oxygens (including phenoxy) is 2. The summed E-state index contributed by atoms with van der Waals surface area (Å²) in [7, 11) is 0. The van der Waals surface area contributed by atoms with Gasteiger partial charge in [-0.05, 0) is 70.2 Å². The van der Waals surface area contributed by atoms with Crippen molar-refractivity contribution in [3.63, 3.8) is 0 Å². The fourth-order valence-corrected chi connectivity index (χ4v) is 5.45. The van der Waals surface area contributed by atoms with Gasteiger partial charge in [0.25, 0.3) is 5.91 Å². The van der Waals surface area contributed by atoms with Crippen LogP contribution in [0.15, 0.2) is 51.9 Å². The van der Waals surface area contributed by atoms with Crippen molar-refractivity contribution in [1.82, 2.24) is 25.3 Å². The number of hydrogen-bond acceptors (Lipinski definition) is 9. The summed E-state index contributed by atoms with van der Waals surface area (Å²) in [4.78, 5) is 45.8. The number of para-hydroxylation sites is 1. The lowest BCUT2D eigenvalue weighted by molar-refractivity contribution is -0.138. The molecule has 0 radical (unpaired) electrons. The van der Waals surface area contributed by atoms with Crippen molar-refractivity contribution >= 4 is 29.8 Å². The third kappa shape index (κ3) is 6.47. The molecule has 1 aromatic heterocycles. The van der Waals surface area contributed by atoms with Crippen LogP contribution < -0.4 is 10.1 Å². The monoisotopic (exact) mass is 633 g/mol. The fraction of sp³-hybridized carbons (Fsp3) is 0.414. The van der Waals surface area contributed by atoms with E-state index >= 15 is 0 Å². The minimum absolute atomic E-state index is 0.000937. The molecule has 2 saturated heterocycles. The molecule has 0 bridgehead atoms. The maximum Gasteiger partial charge on any atom is 0.420 e. The molecule has 0 aliphatic carbocycles. The average Bonchev–Trinajstić information content (AvgIpc) is 3.51. The smallest absolute Gasteiger partial charge is 0.420 e. The maximum atomic E-state index is 14.0. The largest absolute Gasteiger partial charge is 0.456 e. The van der Waals surface area contributed by atoms with Crippen molar-refractivity contribution in [1.29, 1.82) is 0 Å². The maximum absolute atomic E-state index is 14.0. The molecule has 1 spiro atoms. The molecule has 5 rings (SSSR count). The normalized spacial score (nSPS) is 16.8. The Kier molecular flexibility index (Phi) is 8.27. The first-order valence-corrected chi connectivity index (χ1v) is 14.9. The van der Waals surface area contributed by atoms with Crippen LogP contribution in [-0.2, 0) is 22.3 Å². The van der Waals surface area contributed by atoms with E-state index in [0.29, 0.717) is 4.90 Å². The van der Waals surface area contributed by atoms with Crippen LogP contribution in [0.25, 0.3) is 11.4 Å². The fourth-order valence-electron chi connectivity index (χ4n) is 4.93. The van der Waals surface area contributed by atoms with Gasteiger partial charge in [0.15, 0.2) is 0 Å². The number of nitrogens with zero attached hydrogens (tertiary/aromatic N) is 4. The van der Waals surface area contributed by atoms with E-state index in [2.05, 4.69) is 15.5 Å². The number of imide groups is 1. The molecule has 3 heterocycles. The van der Waals surface area contributed by atoms with Crippen LogP contribution in [0, 0.1) is 0 Å². The Hall–Kier alpha value is -4.27. The number of rotatable bonds is 6. The van der Waals surface area contributed by atoms with Gasteiger partial charge in [0.1, 0.15) is 29.2 Å². The summed E-state index contributed by atoms with van der Waals surface area (Å²) in [5.74, 6) is -0.934. The molecule has 2 fully saturated rings. The Labute approximate surface area is 255 Å². The van der Waals surface area contributed by atoms with Gasteiger partial charge in [0.05, 0.1) is 5.56 Å². The van der Waals surface area contributed by atoms with Crippen LogP contribution in [0.4, 0.5) is 22.8 Å². The summed E-state index contributed by atoms with van der Waals surface area (Å²) in [5.41, 5.74) is -2.91. The molecule has 44 heavy (non-hydrogen) atoms. The Balaban J connectivity index is 1.29. The second-order valence-corrected chi connectivity index (χ2v) is 12.2. The number of likely N-dealkylation sites (tertiary alicyclic amines) is 1. The summed E-state index contributed by atoms with van der Waals surface area (Å²) < 4.78 is 58.4. The molecular formula is C29H30F3N5O6S. The molecule has 0 unspecified atom stereocenters. The molecule has 0 atom stereocenters. The molecule has 2 aliphatic heterocycles. The number of aromatic nitrogens is 2. The third-order valence-corrected chi connectivity index (χ3v) is 7.89. The summed E-state index contributed by atoms with van der Waals surface area (Å²) in [6, 6.07) is 9.46. The van der Waals surface area contributed by atoms with Gasteiger partial charge in [-0.1, -0.05) is 17.3 Å². The van der Waals surface area contributed by atoms with Gasteiger partial charge in [-0.3, -0.25) is 9.69 Å². The van der Waals surface area contributed by atoms with E-state index in [1.165, 1.54) is 28.8 Å². The van der Waals surface area contributed by atoms with Gasteiger partial charge >= 0.3 is 18.3 Å². The Morgan fingerprint density at radius 3 is 2.45 bits per heavy atom. The first kappa shape index (κ1) is 31.2. The van der Waals surface area contributed by atoms with Crippen molar-refractivity contribution in [2.24, 2.45) is 0 Å². The lowest BCUT2D eigenvalue weighted by atomic mass is 9.87. The second-order valence-electron chi connectivity index (χ2n) is 11.3. The molecule has 15 heteroatoms. The second kappa shape index (κ2) is 11.7. The van der Waals surface area contributed by atoms with E-state index in [1.807, 2.05) is 0 Å². The van der Waals surface area contributed by atoms with E-state index in [-0.39, 0.29) is 55.5 Å². The Morgan fingerprint density at radius 2 is 1.80 bits per heavy atom. The lowest BCUT2D eigenvalue weighted by Crippen LogP contribution is -2.56. The number of carbonyl (C=O) groups is 3. The molecular weight excluding hydrogens is 603 g/mol. The van der Waals surface area contributed by atoms with Crippen LogP contribution in [0.3, 0.4) is 0 Å². The summed E-state index contributed by atoms with van der Waals surface area (Å²) in [5, 5.41) is 6.50. The van der Waals surface area contributed by atoms with Gasteiger partial charge in [0, 0.05) is 23.5 Å². The van der Waals surface area contributed by atoms with Gasteiger partial charge in [0.2, 0.25) is 11.7 Å². The van der Waals surface area contributed by atoms with Crippen molar-refractivity contribution in [2.45, 2.75) is 62.4 Å². The van der Waals surface area contributed by atoms with Crippen LogP contribution in [0.5, 0.6) is 11.5 Å². The summed E-state index contributed by atoms with van der Waals surface area (Å²) in [6.45, 7) is 5.28. The van der Waals surface area contributed by atoms with Crippen LogP contribution in [0.1, 0.15) is 45.1 Å². The number of halogens is 3. The average molecular weight is 634 g/mol. The van der Waals surface area contributed by atoms with Crippen LogP contribution >= 0.6 is 11.8 Å². The number of amides is 4. The molecule has 11 nitrogen and oxygen atoms in total. The van der Waals surface area contributed by atoms with Crippen LogP contribution in [-0.4, -0.2) is 68.5 Å². The van der Waals surface area contributed by atoms with E-state index < -0.39 is 46.7 Å². The predicted octanol–water partition coefficient (Wildman–Crippen LogP) is 6.09. The standard InChI is InChI=1S/C29H30F3N5O6S/c1-27(2,3)42-26(40)36-13-11-28(12-14-36)24(38)37(25(39)34-28)16-22-33-23(35-43-22)17-9-10-19(18(15-17)29(30,31)32)41-20-7-5-6-8-21(20)44-4/h5-10,15H,11-14,16H2,1-4H3,(H,34,39). The Bertz CT molecular complexity index is 1580. The predicted molar refractivity (Wildman–Crippen MR) is 152 cm³/mol. The number of hydrogen-bond donors (Lipinski definition) is 1. The first-order valence-electron chi connectivity index (χ1n) is 13.7. The minimum Gasteiger partial charge on any atom is -0.456 e. The molecule has 2 aromatic carbocycles. The minimum atomic E-state index is -4.75. The molecule has 234 valence electrons. The van der Waals surface area contributed by atoms with Crippen LogP contribution in [0.2, 0.25) is 0 Å². The molecule has 0 saturated carbocycles. The molecule has 1 N–H and O–H groups in total. The number of alkyl halides is 3. The lowest BCUT2D eigenvalue weighted by Gasteiger charge is -2.37. The van der Waals surface area contributed by atoms with Crippen molar-refractivity contribution in [2.75, 3.05) is 19.3 Å². The summed E-state index contributed by atoms with van der Waals surface area (Å²) in [6.07, 6.45) is -3.10. The number of benzene rings is 2. The number of piperidine rings is 1. The van der Waals surface area contributed by atoms with E-state index in [0.717, 1.165) is 11.0 Å². The third-order valence-electron chi connectivity index (χ3n) is 7.11. The van der Waals surface area contributed by atoms with Gasteiger partial charge in [-0.25, -0.2) is 9.59 Å². The first-order chi connectivity index (χ1) is 20.7. The highest BCUT2D eigenvalue weighted by Gasteiger charge is 2.53. The highest BCUT2D eigenvalue weighted by molar-refractivity contribution is 7.98. The van der Waals surface area contributed by atoms with E-state index in [9.17, 15) is 27.6 Å². The van der Waals surface area contributed by atoms with E-state index in [4.69, 9.17) is 14.0 Å². The van der Waals surface area contributed by atoms with Crippen molar-refractivity contribution < 1.29 is 41.6 Å². The van der Waals surface area contributed by atoms with E-state index in [1.54, 1.807) is 51.3 Å². The highest BCUT2D eigenvalue weighted by Crippen LogP contribution is 2.42. The zero-order chi connectivity index (χ0) is 31.9. The zero-order valence-corrected chi connectivity index (χ0v) is 25.2. The number of carbonyl (C=O) groups excluding carboxylic acids is 3. The molecule has 2 aliphatic rings. The molecule has 3 aromatic rings. The topological polar surface area (TPSA) is 127 Å². The number of thioether (sulfide) groups is 1. The van der Waals surface area contributed by atoms with Gasteiger partial charge in [-0.15, -0.1) is 11.8 Å². The molecule has 4 amide bonds. The Morgan fingerprint density at radius 1 is 1.09 bits per heavy atom. The summed E-state index contributed by atoms with van der Waals surface area (Å²) >= 11 is 1.34. The van der Waals surface area contributed by atoms with Crippen molar-refractivity contribution in [3.05, 3.63) is 53.9 Å². The quantitative estimate of drug-likeness (QED) is 0.253.